The van der Waals surface area contributed by atoms with E-state index in [1.54, 1.807) is 49.4 Å². The quantitative estimate of drug-likeness (QED) is 0.718. The molecule has 1 aliphatic rings. The molecule has 8 nitrogen and oxygen atoms in total. The fourth-order valence-corrected chi connectivity index (χ4v) is 3.06. The maximum atomic E-state index is 12.5. The van der Waals surface area contributed by atoms with E-state index in [4.69, 9.17) is 23.7 Å². The molecule has 1 fully saturated rings. The van der Waals surface area contributed by atoms with Crippen molar-refractivity contribution in [1.29, 1.82) is 0 Å². The number of ether oxygens (including phenoxy) is 5. The van der Waals surface area contributed by atoms with Gasteiger partial charge >= 0.3 is 12.1 Å². The Kier molecular flexibility index (Phi) is 7.40. The minimum atomic E-state index is -1.26. The summed E-state index contributed by atoms with van der Waals surface area (Å²) in [7, 11) is 1.36. The van der Waals surface area contributed by atoms with Crippen LogP contribution >= 0.6 is 0 Å². The first kappa shape index (κ1) is 21.8. The van der Waals surface area contributed by atoms with Gasteiger partial charge in [0.1, 0.15) is 12.7 Å². The van der Waals surface area contributed by atoms with Crippen molar-refractivity contribution in [2.75, 3.05) is 7.11 Å². The summed E-state index contributed by atoms with van der Waals surface area (Å²) in [5.41, 5.74) is 1.07. The van der Waals surface area contributed by atoms with Crippen LogP contribution in [0.25, 0.3) is 0 Å². The van der Waals surface area contributed by atoms with Crippen LogP contribution in [0.3, 0.4) is 0 Å². The molecule has 3 rings (SSSR count). The lowest BCUT2D eigenvalue weighted by Crippen LogP contribution is -2.60. The van der Waals surface area contributed by atoms with Crippen LogP contribution in [0.1, 0.15) is 22.8 Å². The number of carbonyl (C=O) groups is 2. The summed E-state index contributed by atoms with van der Waals surface area (Å²) >= 11 is 0. The number of aliphatic hydroxyl groups excluding tert-OH is 1. The Morgan fingerprint density at radius 1 is 0.967 bits per heavy atom. The standard InChI is InChI=1S/C22H24O8/c1-14-17(23)18(30-22(25)27-13-15-9-5-3-6-10-15)19(21(26-2)28-14)29-20(24)16-11-7-4-8-12-16/h3-12,14,17-19,21,23H,13H2,1-2H3/t14-,17-,18+,19+,21-/m0/s1. The van der Waals surface area contributed by atoms with E-state index >= 15 is 0 Å². The van der Waals surface area contributed by atoms with E-state index in [9.17, 15) is 14.7 Å². The van der Waals surface area contributed by atoms with Crippen LogP contribution in [0.4, 0.5) is 4.79 Å². The topological polar surface area (TPSA) is 101 Å². The van der Waals surface area contributed by atoms with Crippen molar-refractivity contribution in [3.8, 4) is 0 Å². The molecule has 2 aromatic rings. The molecule has 30 heavy (non-hydrogen) atoms. The van der Waals surface area contributed by atoms with Crippen molar-refractivity contribution in [1.82, 2.24) is 0 Å². The summed E-state index contributed by atoms with van der Waals surface area (Å²) in [4.78, 5) is 24.8. The Labute approximate surface area is 174 Å². The van der Waals surface area contributed by atoms with Gasteiger partial charge in [0.15, 0.2) is 18.5 Å². The molecule has 8 heteroatoms. The highest BCUT2D eigenvalue weighted by Gasteiger charge is 2.49. The second-order valence-electron chi connectivity index (χ2n) is 6.78. The average Bonchev–Trinajstić information content (AvgIpc) is 2.78. The molecule has 0 saturated carbocycles. The first-order valence-electron chi connectivity index (χ1n) is 9.49. The second-order valence-corrected chi connectivity index (χ2v) is 6.78. The fraction of sp³-hybridized carbons (Fsp3) is 0.364. The van der Waals surface area contributed by atoms with E-state index < -0.39 is 42.8 Å². The highest BCUT2D eigenvalue weighted by atomic mass is 16.8. The summed E-state index contributed by atoms with van der Waals surface area (Å²) in [6.07, 6.45) is -6.47. The molecule has 1 saturated heterocycles. The van der Waals surface area contributed by atoms with Gasteiger partial charge in [-0.05, 0) is 24.6 Å². The van der Waals surface area contributed by atoms with Crippen molar-refractivity contribution >= 4 is 12.1 Å². The lowest BCUT2D eigenvalue weighted by atomic mass is 9.99. The smallest absolute Gasteiger partial charge is 0.449 e. The summed E-state index contributed by atoms with van der Waals surface area (Å²) in [5, 5.41) is 10.5. The Hall–Kier alpha value is -2.94. The van der Waals surface area contributed by atoms with E-state index in [1.807, 2.05) is 18.2 Å². The van der Waals surface area contributed by atoms with Gasteiger partial charge in [-0.2, -0.15) is 0 Å². The molecule has 0 bridgehead atoms. The molecule has 5 atom stereocenters. The lowest BCUT2D eigenvalue weighted by Gasteiger charge is -2.41. The Balaban J connectivity index is 1.71. The molecule has 0 radical (unpaired) electrons. The molecule has 1 N–H and O–H groups in total. The monoisotopic (exact) mass is 416 g/mol. The van der Waals surface area contributed by atoms with Crippen LogP contribution in [0.15, 0.2) is 60.7 Å². The van der Waals surface area contributed by atoms with Crippen molar-refractivity contribution in [3.63, 3.8) is 0 Å². The third kappa shape index (κ3) is 5.35. The van der Waals surface area contributed by atoms with Gasteiger partial charge in [0.2, 0.25) is 0 Å². The van der Waals surface area contributed by atoms with Gasteiger partial charge in [0.05, 0.1) is 11.7 Å². The number of carbonyl (C=O) groups excluding carboxylic acids is 2. The number of hydrogen-bond acceptors (Lipinski definition) is 8. The molecule has 160 valence electrons. The summed E-state index contributed by atoms with van der Waals surface area (Å²) in [6.45, 7) is 1.59. The predicted octanol–water partition coefficient (Wildman–Crippen LogP) is 2.69. The molecular weight excluding hydrogens is 392 g/mol. The van der Waals surface area contributed by atoms with Crippen LogP contribution in [0, 0.1) is 0 Å². The molecule has 1 heterocycles. The minimum Gasteiger partial charge on any atom is -0.449 e. The minimum absolute atomic E-state index is 0.00326. The number of aliphatic hydroxyl groups is 1. The van der Waals surface area contributed by atoms with Gasteiger partial charge < -0.3 is 28.8 Å². The van der Waals surface area contributed by atoms with Gasteiger partial charge in [-0.3, -0.25) is 0 Å². The molecule has 0 aromatic heterocycles. The van der Waals surface area contributed by atoms with Gasteiger partial charge in [-0.1, -0.05) is 48.5 Å². The highest BCUT2D eigenvalue weighted by molar-refractivity contribution is 5.89. The fourth-order valence-electron chi connectivity index (χ4n) is 3.06. The van der Waals surface area contributed by atoms with E-state index in [2.05, 4.69) is 0 Å². The molecule has 1 aliphatic heterocycles. The molecule has 2 aromatic carbocycles. The summed E-state index contributed by atoms with van der Waals surface area (Å²) in [5.74, 6) is -0.667. The SMILES string of the molecule is CO[C@H]1O[C@@H](C)[C@H](O)[C@@H](OC(=O)OCc2ccccc2)[C@H]1OC(=O)c1ccccc1. The van der Waals surface area contributed by atoms with Crippen LogP contribution < -0.4 is 0 Å². The van der Waals surface area contributed by atoms with Crippen LogP contribution in [-0.2, 0) is 30.3 Å². The largest absolute Gasteiger partial charge is 0.509 e. The maximum Gasteiger partial charge on any atom is 0.509 e. The van der Waals surface area contributed by atoms with Gasteiger partial charge in [-0.15, -0.1) is 0 Å². The van der Waals surface area contributed by atoms with Crippen LogP contribution in [-0.4, -0.2) is 55.0 Å². The summed E-state index contributed by atoms with van der Waals surface area (Å²) < 4.78 is 26.8. The Morgan fingerprint density at radius 3 is 2.23 bits per heavy atom. The third-order valence-electron chi connectivity index (χ3n) is 4.68. The number of rotatable bonds is 6. The average molecular weight is 416 g/mol. The molecule has 0 unspecified atom stereocenters. The van der Waals surface area contributed by atoms with E-state index in [0.717, 1.165) is 5.56 Å². The van der Waals surface area contributed by atoms with Crippen molar-refractivity contribution in [2.45, 2.75) is 44.2 Å². The van der Waals surface area contributed by atoms with Gasteiger partial charge in [-0.25, -0.2) is 9.59 Å². The normalized spacial score (nSPS) is 25.9. The van der Waals surface area contributed by atoms with Gasteiger partial charge in [0.25, 0.3) is 0 Å². The first-order chi connectivity index (χ1) is 14.5. The van der Waals surface area contributed by atoms with E-state index in [0.29, 0.717) is 5.56 Å². The van der Waals surface area contributed by atoms with Gasteiger partial charge in [0, 0.05) is 7.11 Å². The zero-order chi connectivity index (χ0) is 21.5. The lowest BCUT2D eigenvalue weighted by molar-refractivity contribution is -0.286. The Morgan fingerprint density at radius 2 is 1.60 bits per heavy atom. The molecule has 0 amide bonds. The number of hydrogen-bond donors (Lipinski definition) is 1. The first-order valence-corrected chi connectivity index (χ1v) is 9.49. The zero-order valence-electron chi connectivity index (χ0n) is 16.7. The summed E-state index contributed by atoms with van der Waals surface area (Å²) in [6, 6.07) is 17.4. The molecular formula is C22H24O8. The molecule has 0 spiro atoms. The van der Waals surface area contributed by atoms with Crippen molar-refractivity contribution < 1.29 is 38.4 Å². The number of esters is 1. The van der Waals surface area contributed by atoms with E-state index in [-0.39, 0.29) is 6.61 Å². The van der Waals surface area contributed by atoms with Crippen LogP contribution in [0.2, 0.25) is 0 Å². The second kappa shape index (κ2) is 10.2. The number of methoxy groups -OCH3 is 1. The number of benzene rings is 2. The highest BCUT2D eigenvalue weighted by Crippen LogP contribution is 2.27. The predicted molar refractivity (Wildman–Crippen MR) is 104 cm³/mol. The molecule has 0 aliphatic carbocycles. The maximum absolute atomic E-state index is 12.5. The zero-order valence-corrected chi connectivity index (χ0v) is 16.7. The Bertz CT molecular complexity index is 826. The van der Waals surface area contributed by atoms with E-state index in [1.165, 1.54) is 7.11 Å². The van der Waals surface area contributed by atoms with Crippen molar-refractivity contribution in [3.05, 3.63) is 71.8 Å². The third-order valence-corrected chi connectivity index (χ3v) is 4.68. The van der Waals surface area contributed by atoms with Crippen LogP contribution in [0.5, 0.6) is 0 Å². The van der Waals surface area contributed by atoms with Crippen molar-refractivity contribution in [2.24, 2.45) is 0 Å².